The molecular formula is C18H19BrO5. The van der Waals surface area contributed by atoms with Gasteiger partial charge in [-0.3, -0.25) is 14.4 Å². The number of hydrogen-bond acceptors (Lipinski definition) is 5. The first kappa shape index (κ1) is 17.1. The molecule has 24 heavy (non-hydrogen) atoms. The lowest BCUT2D eigenvalue weighted by molar-refractivity contribution is -0.165. The van der Waals surface area contributed by atoms with Gasteiger partial charge in [-0.15, -0.1) is 0 Å². The van der Waals surface area contributed by atoms with Crippen LogP contribution in [0.5, 0.6) is 0 Å². The molecular weight excluding hydrogens is 376 g/mol. The van der Waals surface area contributed by atoms with Crippen LogP contribution in [0.2, 0.25) is 0 Å². The molecule has 1 heterocycles. The molecule has 0 aromatic heterocycles. The van der Waals surface area contributed by atoms with Crippen molar-refractivity contribution in [1.29, 1.82) is 0 Å². The molecule has 0 amide bonds. The van der Waals surface area contributed by atoms with Gasteiger partial charge in [-0.1, -0.05) is 35.0 Å². The topological polar surface area (TPSA) is 69.7 Å². The first-order valence-corrected chi connectivity index (χ1v) is 8.61. The third-order valence-corrected chi connectivity index (χ3v) is 6.02. The zero-order valence-corrected chi connectivity index (χ0v) is 15.6. The molecule has 1 aliphatic carbocycles. The molecule has 0 N–H and O–H groups in total. The van der Waals surface area contributed by atoms with Crippen LogP contribution in [-0.4, -0.2) is 30.4 Å². The maximum atomic E-state index is 13.3. The number of Topliss-reactive ketones (excluding diaryl/α,β-unsaturated/α-hetero) is 1. The van der Waals surface area contributed by atoms with Crippen molar-refractivity contribution in [1.82, 2.24) is 0 Å². The summed E-state index contributed by atoms with van der Waals surface area (Å²) in [6.07, 6.45) is 0.361. The second-order valence-electron chi connectivity index (χ2n) is 6.89. The Hall–Kier alpha value is -1.69. The van der Waals surface area contributed by atoms with Crippen LogP contribution in [0.15, 0.2) is 28.7 Å². The summed E-state index contributed by atoms with van der Waals surface area (Å²) in [6, 6.07) is 6.93. The van der Waals surface area contributed by atoms with E-state index in [9.17, 15) is 14.4 Å². The Morgan fingerprint density at radius 3 is 2.33 bits per heavy atom. The number of ketones is 1. The van der Waals surface area contributed by atoms with Crippen molar-refractivity contribution in [3.63, 3.8) is 0 Å². The van der Waals surface area contributed by atoms with Crippen LogP contribution in [-0.2, 0) is 19.1 Å². The average Bonchev–Trinajstić information content (AvgIpc) is 3.14. The molecule has 5 nitrogen and oxygen atoms in total. The highest BCUT2D eigenvalue weighted by Crippen LogP contribution is 2.80. The number of esters is 2. The fourth-order valence-electron chi connectivity index (χ4n) is 4.68. The molecule has 6 heteroatoms. The fourth-order valence-corrected chi connectivity index (χ4v) is 4.95. The van der Waals surface area contributed by atoms with E-state index < -0.39 is 34.3 Å². The van der Waals surface area contributed by atoms with E-state index in [0.29, 0.717) is 12.0 Å². The second-order valence-corrected chi connectivity index (χ2v) is 7.80. The van der Waals surface area contributed by atoms with Gasteiger partial charge in [0.2, 0.25) is 0 Å². The second kappa shape index (κ2) is 5.15. The number of hydrogen-bond donors (Lipinski definition) is 0. The molecule has 2 fully saturated rings. The van der Waals surface area contributed by atoms with E-state index in [0.717, 1.165) is 4.47 Å². The number of carbonyl (C=O) groups excluding carboxylic acids is 3. The van der Waals surface area contributed by atoms with Crippen molar-refractivity contribution >= 4 is 33.7 Å². The van der Waals surface area contributed by atoms with Crippen molar-refractivity contribution in [2.75, 3.05) is 7.11 Å². The Balaban J connectivity index is 2.16. The van der Waals surface area contributed by atoms with Gasteiger partial charge in [-0.2, -0.15) is 0 Å². The van der Waals surface area contributed by atoms with E-state index in [1.807, 2.05) is 6.92 Å². The summed E-state index contributed by atoms with van der Waals surface area (Å²) in [5, 5.41) is 0. The van der Waals surface area contributed by atoms with Gasteiger partial charge in [0.25, 0.3) is 0 Å². The molecule has 1 saturated heterocycles. The minimum atomic E-state index is -1.54. The Labute approximate surface area is 148 Å². The number of fused-ring (bicyclic) bond motifs is 1. The first-order valence-electron chi connectivity index (χ1n) is 7.82. The molecule has 1 saturated carbocycles. The Morgan fingerprint density at radius 2 is 1.83 bits per heavy atom. The third-order valence-electron chi connectivity index (χ3n) is 5.50. The Morgan fingerprint density at radius 1 is 1.25 bits per heavy atom. The van der Waals surface area contributed by atoms with E-state index in [-0.39, 0.29) is 5.78 Å². The summed E-state index contributed by atoms with van der Waals surface area (Å²) in [7, 11) is 1.23. The van der Waals surface area contributed by atoms with Crippen LogP contribution in [0.4, 0.5) is 0 Å². The highest BCUT2D eigenvalue weighted by atomic mass is 79.9. The fraction of sp³-hybridized carbons (Fsp3) is 0.500. The molecule has 0 radical (unpaired) electrons. The van der Waals surface area contributed by atoms with Gasteiger partial charge in [0.1, 0.15) is 5.60 Å². The van der Waals surface area contributed by atoms with Gasteiger partial charge in [-0.05, 0) is 32.4 Å². The van der Waals surface area contributed by atoms with Crippen LogP contribution in [0.1, 0.15) is 37.6 Å². The summed E-state index contributed by atoms with van der Waals surface area (Å²) in [4.78, 5) is 38.5. The maximum absolute atomic E-state index is 13.3. The molecule has 0 bridgehead atoms. The van der Waals surface area contributed by atoms with Crippen LogP contribution in [0, 0.1) is 16.7 Å². The number of rotatable bonds is 4. The quantitative estimate of drug-likeness (QED) is 0.445. The van der Waals surface area contributed by atoms with Crippen LogP contribution in [0.25, 0.3) is 0 Å². The van der Waals surface area contributed by atoms with Gasteiger partial charge >= 0.3 is 11.9 Å². The molecule has 128 valence electrons. The van der Waals surface area contributed by atoms with E-state index in [2.05, 4.69) is 15.9 Å². The molecule has 1 aliphatic heterocycles. The van der Waals surface area contributed by atoms with Gasteiger partial charge in [-0.25, -0.2) is 0 Å². The molecule has 2 aliphatic rings. The van der Waals surface area contributed by atoms with Gasteiger partial charge in [0, 0.05) is 16.0 Å². The smallest absolute Gasteiger partial charge is 0.325 e. The number of cyclic esters (lactones) is 1. The lowest BCUT2D eigenvalue weighted by Gasteiger charge is -2.28. The van der Waals surface area contributed by atoms with E-state index in [1.54, 1.807) is 38.1 Å². The summed E-state index contributed by atoms with van der Waals surface area (Å²) >= 11 is 3.34. The van der Waals surface area contributed by atoms with E-state index in [1.165, 1.54) is 7.11 Å². The van der Waals surface area contributed by atoms with Crippen molar-refractivity contribution < 1.29 is 23.9 Å². The number of carbonyl (C=O) groups is 3. The van der Waals surface area contributed by atoms with E-state index in [4.69, 9.17) is 9.47 Å². The summed E-state index contributed by atoms with van der Waals surface area (Å²) in [5.41, 5.74) is -3.08. The standard InChI is InChI=1S/C18H19BrO5/c1-5-17(12(20)10-6-8-11(19)9-7-10)13-16(2,3)24-15(22)18(13,17)14(21)23-4/h6-9,13H,5H2,1-4H3. The van der Waals surface area contributed by atoms with Gasteiger partial charge in [0.15, 0.2) is 11.2 Å². The predicted octanol–water partition coefficient (Wildman–Crippen LogP) is 3.15. The maximum Gasteiger partial charge on any atom is 0.325 e. The Kier molecular flexibility index (Phi) is 3.68. The minimum absolute atomic E-state index is 0.211. The molecule has 3 rings (SSSR count). The molecule has 1 aromatic carbocycles. The zero-order valence-electron chi connectivity index (χ0n) is 14.0. The average molecular weight is 395 g/mol. The largest absolute Gasteiger partial charge is 0.468 e. The summed E-state index contributed by atoms with van der Waals surface area (Å²) in [5.74, 6) is -2.08. The molecule has 1 aromatic rings. The monoisotopic (exact) mass is 394 g/mol. The Bertz CT molecular complexity index is 738. The lowest BCUT2D eigenvalue weighted by atomic mass is 9.81. The highest BCUT2D eigenvalue weighted by molar-refractivity contribution is 9.10. The SMILES string of the molecule is CCC1(C(=O)c2ccc(Br)cc2)C2C(C)(C)OC(=O)C21C(=O)OC. The summed E-state index contributed by atoms with van der Waals surface area (Å²) in [6.45, 7) is 5.31. The molecule has 0 spiro atoms. The van der Waals surface area contributed by atoms with Crippen molar-refractivity contribution in [3.8, 4) is 0 Å². The van der Waals surface area contributed by atoms with Crippen molar-refractivity contribution in [3.05, 3.63) is 34.3 Å². The van der Waals surface area contributed by atoms with E-state index >= 15 is 0 Å². The number of benzene rings is 1. The van der Waals surface area contributed by atoms with Crippen LogP contribution >= 0.6 is 15.9 Å². The van der Waals surface area contributed by atoms with Crippen molar-refractivity contribution in [2.45, 2.75) is 32.8 Å². The number of ether oxygens (including phenoxy) is 2. The molecule has 3 atom stereocenters. The third kappa shape index (κ3) is 1.78. The number of halogens is 1. The minimum Gasteiger partial charge on any atom is -0.468 e. The first-order chi connectivity index (χ1) is 11.2. The number of methoxy groups -OCH3 is 1. The normalized spacial score (nSPS) is 32.7. The van der Waals surface area contributed by atoms with Gasteiger partial charge in [0.05, 0.1) is 12.5 Å². The highest BCUT2D eigenvalue weighted by Gasteiger charge is 2.95. The zero-order chi connectivity index (χ0) is 17.9. The van der Waals surface area contributed by atoms with Crippen LogP contribution < -0.4 is 0 Å². The summed E-state index contributed by atoms with van der Waals surface area (Å²) < 4.78 is 11.2. The van der Waals surface area contributed by atoms with Gasteiger partial charge < -0.3 is 9.47 Å². The van der Waals surface area contributed by atoms with Crippen LogP contribution in [0.3, 0.4) is 0 Å². The lowest BCUT2D eigenvalue weighted by Crippen LogP contribution is -2.40. The molecule has 3 unspecified atom stereocenters. The van der Waals surface area contributed by atoms with Crippen molar-refractivity contribution in [2.24, 2.45) is 16.7 Å². The predicted molar refractivity (Wildman–Crippen MR) is 89.3 cm³/mol.